The summed E-state index contributed by atoms with van der Waals surface area (Å²) in [5.41, 5.74) is 3.50. The molecule has 2 aromatic carbocycles. The van der Waals surface area contributed by atoms with E-state index in [0.29, 0.717) is 34.1 Å². The molecule has 1 amide bonds. The Morgan fingerprint density at radius 2 is 2.00 bits per heavy atom. The standard InChI is InChI=1S/C27H24N6O3S/c1-2-36-25(34)16-33(27(35)21-12-10-20(11-13-21)26-29-31-32-30-26)22-8-3-5-18(15-22)9-14-24-28-23(17-37-24)19-6-4-7-19/h3,5,8,10-13,15,17,19H,2,4,6-7,16H2,1H3,(H,29,30,31,32). The molecule has 5 rings (SSSR count). The summed E-state index contributed by atoms with van der Waals surface area (Å²) in [6.45, 7) is 1.72. The van der Waals surface area contributed by atoms with Gasteiger partial charge in [0.2, 0.25) is 5.82 Å². The Labute approximate surface area is 217 Å². The summed E-state index contributed by atoms with van der Waals surface area (Å²) in [5.74, 6) is 6.43. The normalized spacial score (nSPS) is 12.8. The third-order valence-electron chi connectivity index (χ3n) is 6.09. The summed E-state index contributed by atoms with van der Waals surface area (Å²) in [5, 5.41) is 16.7. The molecule has 4 aromatic rings. The number of hydrogen-bond donors (Lipinski definition) is 1. The van der Waals surface area contributed by atoms with E-state index in [2.05, 4.69) is 42.8 Å². The van der Waals surface area contributed by atoms with Gasteiger partial charge in [-0.05, 0) is 61.2 Å². The third kappa shape index (κ3) is 5.73. The number of benzene rings is 2. The van der Waals surface area contributed by atoms with Crippen LogP contribution < -0.4 is 4.90 Å². The lowest BCUT2D eigenvalue weighted by atomic mass is 9.83. The molecule has 0 unspecified atom stereocenters. The van der Waals surface area contributed by atoms with Gasteiger partial charge in [0.1, 0.15) is 6.54 Å². The van der Waals surface area contributed by atoms with Crippen molar-refractivity contribution in [1.82, 2.24) is 25.6 Å². The average Bonchev–Trinajstić information content (AvgIpc) is 3.58. The maximum atomic E-state index is 13.5. The minimum absolute atomic E-state index is 0.225. The number of tetrazole rings is 1. The van der Waals surface area contributed by atoms with Gasteiger partial charge >= 0.3 is 5.97 Å². The van der Waals surface area contributed by atoms with Crippen LogP contribution in [0.3, 0.4) is 0 Å². The Morgan fingerprint density at radius 1 is 1.16 bits per heavy atom. The number of anilines is 1. The third-order valence-corrected chi connectivity index (χ3v) is 6.87. The Hall–Kier alpha value is -4.36. The van der Waals surface area contributed by atoms with E-state index >= 15 is 0 Å². The lowest BCUT2D eigenvalue weighted by Gasteiger charge is -2.22. The summed E-state index contributed by atoms with van der Waals surface area (Å²) in [4.78, 5) is 31.9. The second-order valence-electron chi connectivity index (χ2n) is 8.51. The van der Waals surface area contributed by atoms with Crippen molar-refractivity contribution < 1.29 is 14.3 Å². The number of carbonyl (C=O) groups is 2. The topological polar surface area (TPSA) is 114 Å². The second kappa shape index (κ2) is 11.1. The molecule has 0 bridgehead atoms. The van der Waals surface area contributed by atoms with Crippen molar-refractivity contribution in [2.45, 2.75) is 32.1 Å². The largest absolute Gasteiger partial charge is 0.465 e. The first-order valence-electron chi connectivity index (χ1n) is 12.0. The number of esters is 1. The number of carbonyl (C=O) groups excluding carboxylic acids is 2. The van der Waals surface area contributed by atoms with Crippen LogP contribution in [0.15, 0.2) is 53.9 Å². The van der Waals surface area contributed by atoms with Crippen LogP contribution >= 0.6 is 11.3 Å². The molecule has 0 saturated heterocycles. The van der Waals surface area contributed by atoms with Crippen LogP contribution in [0.2, 0.25) is 0 Å². The first-order chi connectivity index (χ1) is 18.1. The molecule has 1 aliphatic rings. The number of nitrogens with one attached hydrogen (secondary N) is 1. The monoisotopic (exact) mass is 512 g/mol. The molecule has 2 heterocycles. The number of ether oxygens (including phenoxy) is 1. The first kappa shape index (κ1) is 24.3. The van der Waals surface area contributed by atoms with Crippen molar-refractivity contribution in [2.75, 3.05) is 18.1 Å². The fraction of sp³-hybridized carbons (Fsp3) is 0.259. The minimum atomic E-state index is -0.498. The highest BCUT2D eigenvalue weighted by Gasteiger charge is 2.23. The van der Waals surface area contributed by atoms with Crippen LogP contribution in [0.25, 0.3) is 11.4 Å². The molecule has 1 aliphatic carbocycles. The zero-order valence-electron chi connectivity index (χ0n) is 20.2. The van der Waals surface area contributed by atoms with E-state index in [1.165, 1.54) is 24.2 Å². The number of nitrogens with zero attached hydrogens (tertiary/aromatic N) is 5. The van der Waals surface area contributed by atoms with Crippen LogP contribution in [-0.4, -0.2) is 50.6 Å². The molecule has 1 N–H and O–H groups in total. The number of aromatic nitrogens is 5. The lowest BCUT2D eigenvalue weighted by Crippen LogP contribution is -2.36. The molecular formula is C27H24N6O3S. The van der Waals surface area contributed by atoms with Gasteiger partial charge in [-0.2, -0.15) is 5.21 Å². The van der Waals surface area contributed by atoms with E-state index < -0.39 is 5.97 Å². The Bertz CT molecular complexity index is 1450. The zero-order valence-corrected chi connectivity index (χ0v) is 21.0. The molecule has 0 spiro atoms. The molecule has 0 aliphatic heterocycles. The Kier molecular flexibility index (Phi) is 7.33. The molecule has 0 radical (unpaired) electrons. The molecule has 1 saturated carbocycles. The van der Waals surface area contributed by atoms with E-state index in [9.17, 15) is 9.59 Å². The molecule has 1 fully saturated rings. The summed E-state index contributed by atoms with van der Waals surface area (Å²) in [7, 11) is 0. The summed E-state index contributed by atoms with van der Waals surface area (Å²) in [6.07, 6.45) is 3.66. The van der Waals surface area contributed by atoms with Crippen LogP contribution in [0.4, 0.5) is 5.69 Å². The van der Waals surface area contributed by atoms with E-state index in [-0.39, 0.29) is 19.1 Å². The molecule has 9 nitrogen and oxygen atoms in total. The quantitative estimate of drug-likeness (QED) is 0.292. The molecular weight excluding hydrogens is 488 g/mol. The van der Waals surface area contributed by atoms with E-state index in [4.69, 9.17) is 4.74 Å². The fourth-order valence-electron chi connectivity index (χ4n) is 3.93. The number of rotatable bonds is 7. The number of aromatic amines is 1. The first-order valence-corrected chi connectivity index (χ1v) is 12.9. The molecule has 0 atom stereocenters. The lowest BCUT2D eigenvalue weighted by molar-refractivity contribution is -0.141. The summed E-state index contributed by atoms with van der Waals surface area (Å²) in [6, 6.07) is 14.0. The van der Waals surface area contributed by atoms with Crippen molar-refractivity contribution in [3.63, 3.8) is 0 Å². The Balaban J connectivity index is 1.39. The molecule has 10 heteroatoms. The number of H-pyrrole nitrogens is 1. The number of thiazole rings is 1. The second-order valence-corrected chi connectivity index (χ2v) is 9.37. The van der Waals surface area contributed by atoms with Gasteiger partial charge in [-0.1, -0.05) is 30.5 Å². The number of amides is 1. The summed E-state index contributed by atoms with van der Waals surface area (Å²) >= 11 is 1.55. The van der Waals surface area contributed by atoms with Gasteiger partial charge in [0.05, 0.1) is 12.3 Å². The van der Waals surface area contributed by atoms with Gasteiger partial charge in [-0.3, -0.25) is 14.5 Å². The Morgan fingerprint density at radius 3 is 2.70 bits per heavy atom. The smallest absolute Gasteiger partial charge is 0.326 e. The molecule has 2 aromatic heterocycles. The van der Waals surface area contributed by atoms with Gasteiger partial charge in [0.15, 0.2) is 5.01 Å². The highest BCUT2D eigenvalue weighted by molar-refractivity contribution is 7.10. The van der Waals surface area contributed by atoms with Gasteiger partial charge in [-0.15, -0.1) is 21.5 Å². The van der Waals surface area contributed by atoms with E-state index in [0.717, 1.165) is 10.7 Å². The predicted octanol–water partition coefficient (Wildman–Crippen LogP) is 4.20. The number of hydrogen-bond acceptors (Lipinski definition) is 8. The molecule has 37 heavy (non-hydrogen) atoms. The predicted molar refractivity (Wildman–Crippen MR) is 139 cm³/mol. The molecule has 186 valence electrons. The average molecular weight is 513 g/mol. The van der Waals surface area contributed by atoms with Crippen molar-refractivity contribution >= 4 is 28.9 Å². The zero-order chi connectivity index (χ0) is 25.6. The minimum Gasteiger partial charge on any atom is -0.465 e. The highest BCUT2D eigenvalue weighted by Crippen LogP contribution is 2.36. The van der Waals surface area contributed by atoms with Crippen LogP contribution in [0, 0.1) is 11.8 Å². The van der Waals surface area contributed by atoms with Crippen LogP contribution in [0.5, 0.6) is 0 Å². The SMILES string of the molecule is CCOC(=O)CN(C(=O)c1ccc(-c2nn[nH]n2)cc1)c1cccc(C#Cc2nc(C3CCC3)cs2)c1. The van der Waals surface area contributed by atoms with E-state index in [1.54, 1.807) is 54.7 Å². The summed E-state index contributed by atoms with van der Waals surface area (Å²) < 4.78 is 5.12. The van der Waals surface area contributed by atoms with Gasteiger partial charge in [0, 0.05) is 33.7 Å². The van der Waals surface area contributed by atoms with Crippen LogP contribution in [0.1, 0.15) is 58.7 Å². The van der Waals surface area contributed by atoms with Gasteiger partial charge in [-0.25, -0.2) is 4.98 Å². The fourth-order valence-corrected chi connectivity index (χ4v) is 4.68. The van der Waals surface area contributed by atoms with Gasteiger partial charge in [0.25, 0.3) is 5.91 Å². The van der Waals surface area contributed by atoms with Crippen molar-refractivity contribution in [3.05, 3.63) is 75.7 Å². The van der Waals surface area contributed by atoms with E-state index in [1.807, 2.05) is 12.1 Å². The highest BCUT2D eigenvalue weighted by atomic mass is 32.1. The maximum Gasteiger partial charge on any atom is 0.326 e. The maximum absolute atomic E-state index is 13.5. The van der Waals surface area contributed by atoms with Crippen molar-refractivity contribution in [3.8, 4) is 23.2 Å². The van der Waals surface area contributed by atoms with Crippen molar-refractivity contribution in [1.29, 1.82) is 0 Å². The van der Waals surface area contributed by atoms with Crippen LogP contribution in [-0.2, 0) is 9.53 Å². The van der Waals surface area contributed by atoms with Gasteiger partial charge < -0.3 is 4.74 Å². The van der Waals surface area contributed by atoms with Crippen molar-refractivity contribution in [2.24, 2.45) is 0 Å².